The number of carbonyl (C=O) groups excluding carboxylic acids is 4. The van der Waals surface area contributed by atoms with Crippen molar-refractivity contribution < 1.29 is 32.3 Å². The Morgan fingerprint density at radius 2 is 1.87 bits per heavy atom. The third kappa shape index (κ3) is 3.94. The molecule has 2 saturated heterocycles. The highest BCUT2D eigenvalue weighted by molar-refractivity contribution is 6.24. The van der Waals surface area contributed by atoms with Gasteiger partial charge in [0, 0.05) is 26.1 Å². The number of carbonyl (C=O) groups is 4. The highest BCUT2D eigenvalue weighted by atomic mass is 19.4. The molecular formula is C20H21F3N4O4. The van der Waals surface area contributed by atoms with Crippen LogP contribution in [0.2, 0.25) is 0 Å². The molecule has 166 valence electrons. The van der Waals surface area contributed by atoms with Gasteiger partial charge in [0.25, 0.3) is 11.8 Å². The lowest BCUT2D eigenvalue weighted by Gasteiger charge is -2.27. The molecule has 3 heterocycles. The van der Waals surface area contributed by atoms with Crippen molar-refractivity contribution in [2.45, 2.75) is 31.6 Å². The van der Waals surface area contributed by atoms with Crippen LogP contribution in [-0.4, -0.2) is 60.4 Å². The summed E-state index contributed by atoms with van der Waals surface area (Å²) in [5, 5.41) is 7.86. The van der Waals surface area contributed by atoms with Crippen LogP contribution < -0.4 is 16.0 Å². The van der Waals surface area contributed by atoms with E-state index in [2.05, 4.69) is 16.0 Å². The van der Waals surface area contributed by atoms with Crippen LogP contribution in [0.1, 0.15) is 39.1 Å². The van der Waals surface area contributed by atoms with Gasteiger partial charge in [-0.05, 0) is 30.5 Å². The molecule has 0 saturated carbocycles. The van der Waals surface area contributed by atoms with E-state index in [-0.39, 0.29) is 50.1 Å². The van der Waals surface area contributed by atoms with Crippen LogP contribution in [0.15, 0.2) is 18.2 Å². The Bertz CT molecular complexity index is 949. The summed E-state index contributed by atoms with van der Waals surface area (Å²) in [4.78, 5) is 50.2. The van der Waals surface area contributed by atoms with Crippen LogP contribution in [0.4, 0.5) is 13.2 Å². The van der Waals surface area contributed by atoms with E-state index in [1.165, 1.54) is 6.07 Å². The van der Waals surface area contributed by atoms with Gasteiger partial charge in [0.15, 0.2) is 0 Å². The van der Waals surface area contributed by atoms with Crippen LogP contribution in [0.3, 0.4) is 0 Å². The van der Waals surface area contributed by atoms with E-state index in [0.29, 0.717) is 5.56 Å². The molecule has 0 aromatic heterocycles. The number of nitrogens with one attached hydrogen (secondary N) is 3. The number of amides is 4. The van der Waals surface area contributed by atoms with Crippen molar-refractivity contribution in [3.63, 3.8) is 0 Å². The molecular weight excluding hydrogens is 417 g/mol. The second kappa shape index (κ2) is 8.04. The number of hydrogen-bond donors (Lipinski definition) is 3. The fourth-order valence-corrected chi connectivity index (χ4v) is 4.46. The lowest BCUT2D eigenvalue weighted by molar-refractivity contribution is -0.178. The van der Waals surface area contributed by atoms with Gasteiger partial charge in [-0.15, -0.1) is 0 Å². The minimum atomic E-state index is -4.28. The molecule has 1 aromatic carbocycles. The smallest absolute Gasteiger partial charge is 0.316 e. The Hall–Kier alpha value is -2.79. The van der Waals surface area contributed by atoms with Gasteiger partial charge in [0.1, 0.15) is 6.04 Å². The summed E-state index contributed by atoms with van der Waals surface area (Å²) in [6, 6.07) is 3.62. The topological polar surface area (TPSA) is 108 Å². The number of alkyl halides is 3. The molecule has 0 radical (unpaired) electrons. The van der Waals surface area contributed by atoms with E-state index in [4.69, 9.17) is 0 Å². The first-order chi connectivity index (χ1) is 14.7. The zero-order valence-corrected chi connectivity index (χ0v) is 16.4. The van der Waals surface area contributed by atoms with E-state index in [1.807, 2.05) is 0 Å². The maximum atomic E-state index is 13.1. The number of hydrogen-bond acceptors (Lipinski definition) is 6. The third-order valence-corrected chi connectivity index (χ3v) is 6.04. The molecule has 0 aliphatic carbocycles. The molecule has 11 heteroatoms. The summed E-state index contributed by atoms with van der Waals surface area (Å²) >= 11 is 0. The fourth-order valence-electron chi connectivity index (χ4n) is 4.46. The highest BCUT2D eigenvalue weighted by Crippen LogP contribution is 2.34. The average molecular weight is 438 g/mol. The van der Waals surface area contributed by atoms with Gasteiger partial charge in [-0.2, -0.15) is 13.2 Å². The molecule has 3 atom stereocenters. The number of imide groups is 2. The molecule has 3 aliphatic rings. The number of nitrogens with zero attached hydrogens (tertiary/aromatic N) is 1. The Morgan fingerprint density at radius 3 is 2.58 bits per heavy atom. The van der Waals surface area contributed by atoms with Crippen LogP contribution in [-0.2, 0) is 16.1 Å². The van der Waals surface area contributed by atoms with Gasteiger partial charge in [0.05, 0.1) is 17.0 Å². The Kier molecular flexibility index (Phi) is 5.56. The van der Waals surface area contributed by atoms with E-state index in [0.717, 1.165) is 4.90 Å². The molecule has 3 aliphatic heterocycles. The predicted octanol–water partition coefficient (Wildman–Crippen LogP) is 0.575. The summed E-state index contributed by atoms with van der Waals surface area (Å²) in [6.07, 6.45) is -4.21. The summed E-state index contributed by atoms with van der Waals surface area (Å²) in [5.74, 6) is -4.48. The van der Waals surface area contributed by atoms with Crippen LogP contribution >= 0.6 is 0 Å². The molecule has 1 aromatic rings. The van der Waals surface area contributed by atoms with Gasteiger partial charge in [0.2, 0.25) is 11.8 Å². The van der Waals surface area contributed by atoms with E-state index >= 15 is 0 Å². The Balaban J connectivity index is 1.48. The van der Waals surface area contributed by atoms with Crippen molar-refractivity contribution >= 4 is 23.6 Å². The molecule has 2 fully saturated rings. The largest absolute Gasteiger partial charge is 0.393 e. The lowest BCUT2D eigenvalue weighted by atomic mass is 9.95. The highest BCUT2D eigenvalue weighted by Gasteiger charge is 2.47. The fraction of sp³-hybridized carbons (Fsp3) is 0.500. The zero-order chi connectivity index (χ0) is 22.3. The molecule has 1 unspecified atom stereocenters. The van der Waals surface area contributed by atoms with Crippen molar-refractivity contribution in [2.24, 2.45) is 11.8 Å². The van der Waals surface area contributed by atoms with E-state index < -0.39 is 47.7 Å². The second-order valence-electron chi connectivity index (χ2n) is 7.98. The Labute approximate surface area is 175 Å². The van der Waals surface area contributed by atoms with Crippen molar-refractivity contribution in [3.05, 3.63) is 34.9 Å². The minimum Gasteiger partial charge on any atom is -0.316 e. The van der Waals surface area contributed by atoms with Gasteiger partial charge in [-0.1, -0.05) is 12.1 Å². The molecule has 0 bridgehead atoms. The summed E-state index contributed by atoms with van der Waals surface area (Å²) in [7, 11) is 0. The van der Waals surface area contributed by atoms with E-state index in [1.54, 1.807) is 12.1 Å². The average Bonchev–Trinajstić information content (AvgIpc) is 3.27. The first kappa shape index (κ1) is 21.4. The number of piperidine rings is 1. The predicted molar refractivity (Wildman–Crippen MR) is 101 cm³/mol. The first-order valence-corrected chi connectivity index (χ1v) is 10.00. The maximum Gasteiger partial charge on any atom is 0.393 e. The third-order valence-electron chi connectivity index (χ3n) is 6.04. The quantitative estimate of drug-likeness (QED) is 0.581. The molecule has 8 nitrogen and oxygen atoms in total. The number of benzene rings is 1. The molecule has 4 amide bonds. The standard InChI is InChI=1S/C20H21F3N4O4/c21-20(22,23)13-9-25-8-11(13)7-24-6-10-2-1-3-12-16(10)19(31)27(18(12)30)14-4-5-15(28)26-17(14)29/h1-3,11,13-14,24-25H,4-9H2,(H,26,28,29)/t11-,13-,14?/m1/s1. The number of fused-ring (bicyclic) bond motifs is 1. The first-order valence-electron chi connectivity index (χ1n) is 10.00. The van der Waals surface area contributed by atoms with Gasteiger partial charge >= 0.3 is 6.18 Å². The number of rotatable bonds is 5. The Morgan fingerprint density at radius 1 is 1.10 bits per heavy atom. The maximum absolute atomic E-state index is 13.1. The van der Waals surface area contributed by atoms with Crippen LogP contribution in [0.25, 0.3) is 0 Å². The summed E-state index contributed by atoms with van der Waals surface area (Å²) < 4.78 is 39.3. The van der Waals surface area contributed by atoms with Crippen molar-refractivity contribution in [3.8, 4) is 0 Å². The normalized spacial score (nSPS) is 26.4. The van der Waals surface area contributed by atoms with Gasteiger partial charge < -0.3 is 10.6 Å². The van der Waals surface area contributed by atoms with Gasteiger partial charge in [-0.25, -0.2) is 0 Å². The van der Waals surface area contributed by atoms with Crippen molar-refractivity contribution in [1.82, 2.24) is 20.9 Å². The van der Waals surface area contributed by atoms with E-state index in [9.17, 15) is 32.3 Å². The van der Waals surface area contributed by atoms with Crippen LogP contribution in [0, 0.1) is 11.8 Å². The monoisotopic (exact) mass is 438 g/mol. The van der Waals surface area contributed by atoms with Gasteiger partial charge in [-0.3, -0.25) is 29.4 Å². The molecule has 0 spiro atoms. The minimum absolute atomic E-state index is 0.0218. The SMILES string of the molecule is O=C1CCC(N2C(=O)c3cccc(CNC[C@@H]4CNC[C@H]4C(F)(F)F)c3C2=O)C(=O)N1. The van der Waals surface area contributed by atoms with Crippen molar-refractivity contribution in [1.29, 1.82) is 0 Å². The number of halogens is 3. The van der Waals surface area contributed by atoms with Crippen LogP contribution in [0.5, 0.6) is 0 Å². The summed E-state index contributed by atoms with van der Waals surface area (Å²) in [5.41, 5.74) is 0.756. The molecule has 31 heavy (non-hydrogen) atoms. The molecule has 3 N–H and O–H groups in total. The second-order valence-corrected chi connectivity index (χ2v) is 7.98. The van der Waals surface area contributed by atoms with Crippen molar-refractivity contribution in [2.75, 3.05) is 19.6 Å². The summed E-state index contributed by atoms with van der Waals surface area (Å²) in [6.45, 7) is 0.321. The lowest BCUT2D eigenvalue weighted by Crippen LogP contribution is -2.54. The molecule has 4 rings (SSSR count). The zero-order valence-electron chi connectivity index (χ0n) is 16.4.